The van der Waals surface area contributed by atoms with Gasteiger partial charge in [0.2, 0.25) is 21.8 Å². The number of likely N-dealkylation sites (tertiary alicyclic amines) is 1. The van der Waals surface area contributed by atoms with E-state index in [2.05, 4.69) is 10.6 Å². The second-order valence-electron chi connectivity index (χ2n) is 8.62. The molecule has 0 spiro atoms. The maximum Gasteiger partial charge on any atom is 0.242 e. The molecule has 0 saturated carbocycles. The van der Waals surface area contributed by atoms with Crippen molar-refractivity contribution in [2.75, 3.05) is 37.8 Å². The Bertz CT molecular complexity index is 1100. The monoisotopic (exact) mass is 472 g/mol. The van der Waals surface area contributed by atoms with E-state index in [0.29, 0.717) is 12.2 Å². The van der Waals surface area contributed by atoms with Gasteiger partial charge in [-0.2, -0.15) is 0 Å². The minimum atomic E-state index is -3.61. The number of aryl methyl sites for hydroxylation is 1. The number of rotatable bonds is 7. The van der Waals surface area contributed by atoms with Gasteiger partial charge in [0.1, 0.15) is 0 Å². The van der Waals surface area contributed by atoms with Gasteiger partial charge in [0.25, 0.3) is 0 Å². The van der Waals surface area contributed by atoms with Gasteiger partial charge in [0.05, 0.1) is 16.9 Å². The van der Waals surface area contributed by atoms with Gasteiger partial charge < -0.3 is 10.6 Å². The van der Waals surface area contributed by atoms with Gasteiger partial charge in [0, 0.05) is 32.0 Å². The van der Waals surface area contributed by atoms with Crippen molar-refractivity contribution < 1.29 is 18.0 Å². The fourth-order valence-corrected chi connectivity index (χ4v) is 4.78. The van der Waals surface area contributed by atoms with Gasteiger partial charge in [-0.3, -0.25) is 14.5 Å². The summed E-state index contributed by atoms with van der Waals surface area (Å²) in [5.74, 6) is -0.484. The Morgan fingerprint density at radius 3 is 2.45 bits per heavy atom. The summed E-state index contributed by atoms with van der Waals surface area (Å²) in [5, 5.41) is 5.83. The maximum atomic E-state index is 13.0. The smallest absolute Gasteiger partial charge is 0.242 e. The lowest BCUT2D eigenvalue weighted by Gasteiger charge is -2.35. The molecule has 33 heavy (non-hydrogen) atoms. The SMILES string of the molecule is Cc1ccc(S(=O)(=O)N(C)C)cc1NC(=O)C(C)N1CCCC(C(=O)Nc2ccccc2)C1. The van der Waals surface area contributed by atoms with Crippen molar-refractivity contribution in [1.29, 1.82) is 0 Å². The first kappa shape index (κ1) is 24.9. The number of carbonyl (C=O) groups is 2. The Labute approximate surface area is 196 Å². The molecule has 8 nitrogen and oxygen atoms in total. The van der Waals surface area contributed by atoms with Crippen LogP contribution in [0.1, 0.15) is 25.3 Å². The molecule has 2 aromatic rings. The van der Waals surface area contributed by atoms with Crippen molar-refractivity contribution in [1.82, 2.24) is 9.21 Å². The van der Waals surface area contributed by atoms with Crippen LogP contribution in [-0.2, 0) is 19.6 Å². The number of carbonyl (C=O) groups excluding carboxylic acids is 2. The number of hydrogen-bond acceptors (Lipinski definition) is 5. The highest BCUT2D eigenvalue weighted by Crippen LogP contribution is 2.24. The molecule has 0 radical (unpaired) electrons. The molecule has 2 N–H and O–H groups in total. The largest absolute Gasteiger partial charge is 0.326 e. The number of anilines is 2. The minimum absolute atomic E-state index is 0.0454. The van der Waals surface area contributed by atoms with Crippen LogP contribution in [-0.4, -0.2) is 62.7 Å². The third kappa shape index (κ3) is 5.98. The molecular weight excluding hydrogens is 440 g/mol. The second-order valence-corrected chi connectivity index (χ2v) is 10.8. The number of nitrogens with zero attached hydrogens (tertiary/aromatic N) is 2. The number of piperidine rings is 1. The van der Waals surface area contributed by atoms with E-state index in [4.69, 9.17) is 0 Å². The average molecular weight is 473 g/mol. The van der Waals surface area contributed by atoms with Crippen LogP contribution in [0.15, 0.2) is 53.4 Å². The Kier molecular flexibility index (Phi) is 7.88. The molecule has 0 bridgehead atoms. The van der Waals surface area contributed by atoms with Gasteiger partial charge >= 0.3 is 0 Å². The summed E-state index contributed by atoms with van der Waals surface area (Å²) in [4.78, 5) is 27.9. The molecule has 1 heterocycles. The number of amides is 2. The summed E-state index contributed by atoms with van der Waals surface area (Å²) in [6.45, 7) is 4.83. The third-order valence-corrected chi connectivity index (χ3v) is 7.85. The molecule has 1 aliphatic rings. The molecule has 3 rings (SSSR count). The van der Waals surface area contributed by atoms with E-state index in [-0.39, 0.29) is 22.6 Å². The van der Waals surface area contributed by atoms with Crippen LogP contribution in [0.3, 0.4) is 0 Å². The number of hydrogen-bond donors (Lipinski definition) is 2. The standard InChI is InChI=1S/C24H32N4O4S/c1-17-12-13-21(33(31,32)27(3)4)15-22(17)26-23(29)18(2)28-14-8-9-19(16-28)24(30)25-20-10-6-5-7-11-20/h5-7,10-13,15,18-19H,8-9,14,16H2,1-4H3,(H,25,30)(H,26,29). The maximum absolute atomic E-state index is 13.0. The van der Waals surface area contributed by atoms with Crippen molar-refractivity contribution in [3.05, 3.63) is 54.1 Å². The molecule has 2 amide bonds. The molecule has 1 aliphatic heterocycles. The van der Waals surface area contributed by atoms with E-state index in [1.165, 1.54) is 26.2 Å². The van der Waals surface area contributed by atoms with Gasteiger partial charge in [-0.05, 0) is 63.1 Å². The Morgan fingerprint density at radius 2 is 1.79 bits per heavy atom. The summed E-state index contributed by atoms with van der Waals surface area (Å²) in [6.07, 6.45) is 1.59. The highest BCUT2D eigenvalue weighted by atomic mass is 32.2. The summed E-state index contributed by atoms with van der Waals surface area (Å²) in [6, 6.07) is 13.6. The van der Waals surface area contributed by atoms with Crippen molar-refractivity contribution >= 4 is 33.2 Å². The zero-order chi connectivity index (χ0) is 24.2. The van der Waals surface area contributed by atoms with Gasteiger partial charge in [0.15, 0.2) is 0 Å². The highest BCUT2D eigenvalue weighted by Gasteiger charge is 2.31. The first-order valence-electron chi connectivity index (χ1n) is 11.0. The van der Waals surface area contributed by atoms with Crippen molar-refractivity contribution in [3.8, 4) is 0 Å². The zero-order valence-electron chi connectivity index (χ0n) is 19.5. The summed E-state index contributed by atoms with van der Waals surface area (Å²) in [7, 11) is -0.671. The van der Waals surface area contributed by atoms with Crippen LogP contribution in [0.5, 0.6) is 0 Å². The number of para-hydroxylation sites is 1. The first-order valence-corrected chi connectivity index (χ1v) is 12.5. The van der Waals surface area contributed by atoms with Crippen molar-refractivity contribution in [3.63, 3.8) is 0 Å². The molecule has 2 atom stereocenters. The molecule has 1 saturated heterocycles. The zero-order valence-corrected chi connectivity index (χ0v) is 20.4. The molecule has 178 valence electrons. The lowest BCUT2D eigenvalue weighted by molar-refractivity contribution is -0.125. The molecule has 2 unspecified atom stereocenters. The summed E-state index contributed by atoms with van der Waals surface area (Å²) >= 11 is 0. The average Bonchev–Trinajstić information content (AvgIpc) is 2.80. The van der Waals surface area contributed by atoms with Gasteiger partial charge in [-0.1, -0.05) is 24.3 Å². The van der Waals surface area contributed by atoms with Crippen LogP contribution in [0.2, 0.25) is 0 Å². The van der Waals surface area contributed by atoms with Crippen LogP contribution in [0.4, 0.5) is 11.4 Å². The topological polar surface area (TPSA) is 98.8 Å². The van der Waals surface area contributed by atoms with E-state index in [1.54, 1.807) is 6.07 Å². The normalized spacial score (nSPS) is 18.0. The van der Waals surface area contributed by atoms with E-state index >= 15 is 0 Å². The predicted octanol–water partition coefficient (Wildman–Crippen LogP) is 2.92. The van der Waals surface area contributed by atoms with Crippen LogP contribution < -0.4 is 10.6 Å². The van der Waals surface area contributed by atoms with E-state index in [1.807, 2.05) is 49.1 Å². The first-order chi connectivity index (χ1) is 15.6. The number of benzene rings is 2. The molecule has 0 aromatic heterocycles. The van der Waals surface area contributed by atoms with E-state index in [9.17, 15) is 18.0 Å². The predicted molar refractivity (Wildman–Crippen MR) is 130 cm³/mol. The Morgan fingerprint density at radius 1 is 1.09 bits per heavy atom. The lowest BCUT2D eigenvalue weighted by atomic mass is 9.95. The van der Waals surface area contributed by atoms with Crippen molar-refractivity contribution in [2.24, 2.45) is 5.92 Å². The molecular formula is C24H32N4O4S. The summed E-state index contributed by atoms with van der Waals surface area (Å²) in [5.41, 5.74) is 1.99. The number of sulfonamides is 1. The lowest BCUT2D eigenvalue weighted by Crippen LogP contribution is -2.49. The minimum Gasteiger partial charge on any atom is -0.326 e. The van der Waals surface area contributed by atoms with Crippen LogP contribution >= 0.6 is 0 Å². The quantitative estimate of drug-likeness (QED) is 0.646. The fraction of sp³-hybridized carbons (Fsp3) is 0.417. The molecule has 0 aliphatic carbocycles. The number of nitrogens with one attached hydrogen (secondary N) is 2. The van der Waals surface area contributed by atoms with Crippen LogP contribution in [0.25, 0.3) is 0 Å². The van der Waals surface area contributed by atoms with Crippen LogP contribution in [0, 0.1) is 12.8 Å². The highest BCUT2D eigenvalue weighted by molar-refractivity contribution is 7.89. The molecule has 9 heteroatoms. The van der Waals surface area contributed by atoms with E-state index < -0.39 is 16.1 Å². The van der Waals surface area contributed by atoms with Gasteiger partial charge in [-0.15, -0.1) is 0 Å². The Balaban J connectivity index is 1.67. The summed E-state index contributed by atoms with van der Waals surface area (Å²) < 4.78 is 26.1. The van der Waals surface area contributed by atoms with E-state index in [0.717, 1.165) is 34.9 Å². The third-order valence-electron chi connectivity index (χ3n) is 6.04. The fourth-order valence-electron chi connectivity index (χ4n) is 3.85. The molecule has 1 fully saturated rings. The second kappa shape index (κ2) is 10.5. The molecule has 2 aromatic carbocycles. The Hall–Kier alpha value is -2.75. The van der Waals surface area contributed by atoms with Gasteiger partial charge in [-0.25, -0.2) is 12.7 Å². The van der Waals surface area contributed by atoms with Crippen molar-refractivity contribution in [2.45, 2.75) is 37.6 Å².